The first-order valence-electron chi connectivity index (χ1n) is 3.71. The zero-order valence-corrected chi connectivity index (χ0v) is 7.34. The first-order chi connectivity index (χ1) is 5.90. The highest BCUT2D eigenvalue weighted by Crippen LogP contribution is 2.19. The average Bonchev–Trinajstić information content (AvgIpc) is 2.51. The van der Waals surface area contributed by atoms with Gasteiger partial charge in [-0.3, -0.25) is 0 Å². The molecule has 2 nitrogen and oxygen atoms in total. The number of H-pyrrole nitrogens is 1. The molecule has 0 spiro atoms. The van der Waals surface area contributed by atoms with Gasteiger partial charge in [0.05, 0.1) is 0 Å². The van der Waals surface area contributed by atoms with Gasteiger partial charge in [-0.1, -0.05) is 0 Å². The molecule has 12 heavy (non-hydrogen) atoms. The molecule has 1 aromatic carbocycles. The normalized spacial score (nSPS) is 10.4. The van der Waals surface area contributed by atoms with Crippen LogP contribution in [0.5, 0.6) is 5.75 Å². The molecule has 2 aromatic rings. The number of thiol groups is 1. The van der Waals surface area contributed by atoms with Crippen LogP contribution in [0.15, 0.2) is 30.5 Å². The lowest BCUT2D eigenvalue weighted by atomic mass is 10.2. The summed E-state index contributed by atoms with van der Waals surface area (Å²) in [4.78, 5) is 3.11. The number of benzene rings is 1. The fourth-order valence-corrected chi connectivity index (χ4v) is 1.34. The van der Waals surface area contributed by atoms with Crippen LogP contribution in [0.25, 0.3) is 10.9 Å². The van der Waals surface area contributed by atoms with E-state index in [0.717, 1.165) is 16.7 Å². The maximum Gasteiger partial charge on any atom is 0.131 e. The zero-order valence-electron chi connectivity index (χ0n) is 6.45. The molecule has 1 aromatic heterocycles. The lowest BCUT2D eigenvalue weighted by molar-refractivity contribution is 0.395. The van der Waals surface area contributed by atoms with Gasteiger partial charge < -0.3 is 9.72 Å². The van der Waals surface area contributed by atoms with E-state index < -0.39 is 0 Å². The number of aromatic nitrogens is 1. The first-order valence-corrected chi connectivity index (χ1v) is 4.34. The van der Waals surface area contributed by atoms with Crippen molar-refractivity contribution < 1.29 is 4.74 Å². The smallest absolute Gasteiger partial charge is 0.131 e. The minimum Gasteiger partial charge on any atom is -0.483 e. The lowest BCUT2D eigenvalue weighted by Gasteiger charge is -2.00. The van der Waals surface area contributed by atoms with Crippen LogP contribution < -0.4 is 4.74 Å². The second kappa shape index (κ2) is 3.11. The number of rotatable bonds is 2. The molecule has 0 fully saturated rings. The van der Waals surface area contributed by atoms with Crippen LogP contribution >= 0.6 is 12.6 Å². The molecule has 0 aliphatic heterocycles. The minimum atomic E-state index is 0.413. The summed E-state index contributed by atoms with van der Waals surface area (Å²) >= 11 is 3.98. The number of hydrogen-bond donors (Lipinski definition) is 2. The largest absolute Gasteiger partial charge is 0.483 e. The molecule has 0 aliphatic carbocycles. The van der Waals surface area contributed by atoms with Gasteiger partial charge in [-0.15, -0.1) is 12.6 Å². The van der Waals surface area contributed by atoms with Crippen LogP contribution in [0, 0.1) is 0 Å². The van der Waals surface area contributed by atoms with E-state index in [1.807, 2.05) is 30.5 Å². The Morgan fingerprint density at radius 2 is 2.25 bits per heavy atom. The van der Waals surface area contributed by atoms with E-state index >= 15 is 0 Å². The second-order valence-electron chi connectivity index (χ2n) is 2.50. The van der Waals surface area contributed by atoms with Crippen LogP contribution in [-0.4, -0.2) is 10.9 Å². The minimum absolute atomic E-state index is 0.413. The third-order valence-corrected chi connectivity index (χ3v) is 1.89. The Labute approximate surface area is 76.0 Å². The third kappa shape index (κ3) is 1.28. The summed E-state index contributed by atoms with van der Waals surface area (Å²) in [5, 5.41) is 1.16. The van der Waals surface area contributed by atoms with Gasteiger partial charge in [0.25, 0.3) is 0 Å². The Morgan fingerprint density at radius 3 is 3.08 bits per heavy atom. The number of fused-ring (bicyclic) bond motifs is 1. The Bertz CT molecular complexity index is 383. The molecule has 0 aliphatic rings. The molecule has 0 saturated heterocycles. The molecular formula is C9H9NOS. The summed E-state index contributed by atoms with van der Waals surface area (Å²) < 4.78 is 5.23. The Kier molecular flexibility index (Phi) is 1.96. The number of nitrogens with one attached hydrogen (secondary N) is 1. The highest BCUT2D eigenvalue weighted by molar-refractivity contribution is 7.80. The molecule has 0 saturated carbocycles. The van der Waals surface area contributed by atoms with E-state index in [9.17, 15) is 0 Å². The second-order valence-corrected chi connectivity index (χ2v) is 2.76. The van der Waals surface area contributed by atoms with Gasteiger partial charge in [0.15, 0.2) is 0 Å². The van der Waals surface area contributed by atoms with Crippen molar-refractivity contribution in [1.82, 2.24) is 4.98 Å². The lowest BCUT2D eigenvalue weighted by Crippen LogP contribution is -1.87. The molecule has 0 unspecified atom stereocenters. The molecule has 0 radical (unpaired) electrons. The highest BCUT2D eigenvalue weighted by Gasteiger charge is 1.95. The monoisotopic (exact) mass is 179 g/mol. The van der Waals surface area contributed by atoms with Crippen molar-refractivity contribution in [2.24, 2.45) is 0 Å². The van der Waals surface area contributed by atoms with Crippen LogP contribution in [0.1, 0.15) is 0 Å². The summed E-state index contributed by atoms with van der Waals surface area (Å²) in [5.41, 5.74) is 1.13. The summed E-state index contributed by atoms with van der Waals surface area (Å²) in [6.45, 7) is 0. The molecule has 0 bridgehead atoms. The first kappa shape index (κ1) is 7.55. The molecule has 62 valence electrons. The van der Waals surface area contributed by atoms with Crippen molar-refractivity contribution >= 4 is 23.5 Å². The molecule has 0 atom stereocenters. The molecule has 3 heteroatoms. The van der Waals surface area contributed by atoms with Crippen molar-refractivity contribution in [3.8, 4) is 5.75 Å². The van der Waals surface area contributed by atoms with E-state index in [1.54, 1.807) is 0 Å². The van der Waals surface area contributed by atoms with Crippen molar-refractivity contribution in [2.75, 3.05) is 5.94 Å². The zero-order chi connectivity index (χ0) is 8.39. The topological polar surface area (TPSA) is 25.0 Å². The van der Waals surface area contributed by atoms with Crippen LogP contribution in [0.2, 0.25) is 0 Å². The number of ether oxygens (including phenoxy) is 1. The average molecular weight is 179 g/mol. The summed E-state index contributed by atoms with van der Waals surface area (Å²) in [6, 6.07) is 7.92. The number of hydrogen-bond acceptors (Lipinski definition) is 2. The summed E-state index contributed by atoms with van der Waals surface area (Å²) in [7, 11) is 0. The predicted molar refractivity (Wildman–Crippen MR) is 52.8 cm³/mol. The molecule has 0 amide bonds. The van der Waals surface area contributed by atoms with Crippen molar-refractivity contribution in [1.29, 1.82) is 0 Å². The van der Waals surface area contributed by atoms with Crippen molar-refractivity contribution in [2.45, 2.75) is 0 Å². The Morgan fingerprint density at radius 1 is 1.33 bits per heavy atom. The van der Waals surface area contributed by atoms with E-state index in [4.69, 9.17) is 4.74 Å². The van der Waals surface area contributed by atoms with Crippen molar-refractivity contribution in [3.05, 3.63) is 30.5 Å². The predicted octanol–water partition coefficient (Wildman–Crippen LogP) is 2.43. The molecule has 2 rings (SSSR count). The van der Waals surface area contributed by atoms with E-state index in [-0.39, 0.29) is 0 Å². The quantitative estimate of drug-likeness (QED) is 0.537. The van der Waals surface area contributed by atoms with Crippen LogP contribution in [0.3, 0.4) is 0 Å². The fourth-order valence-electron chi connectivity index (χ4n) is 1.20. The van der Waals surface area contributed by atoms with E-state index in [0.29, 0.717) is 5.94 Å². The molecule has 1 N–H and O–H groups in total. The number of aromatic amines is 1. The summed E-state index contributed by atoms with van der Waals surface area (Å²) in [5.74, 6) is 1.27. The van der Waals surface area contributed by atoms with Crippen LogP contribution in [0.4, 0.5) is 0 Å². The SMILES string of the molecule is SCOc1ccc2[nH]ccc2c1. The third-order valence-electron chi connectivity index (χ3n) is 1.76. The van der Waals surface area contributed by atoms with E-state index in [2.05, 4.69) is 17.6 Å². The van der Waals surface area contributed by atoms with Gasteiger partial charge in [-0.25, -0.2) is 0 Å². The molecular weight excluding hydrogens is 170 g/mol. The van der Waals surface area contributed by atoms with Gasteiger partial charge in [0.1, 0.15) is 11.7 Å². The van der Waals surface area contributed by atoms with Gasteiger partial charge in [-0.2, -0.15) is 0 Å². The highest BCUT2D eigenvalue weighted by atomic mass is 32.1. The Balaban J connectivity index is 2.46. The standard InChI is InChI=1S/C9H9NOS/c12-6-11-8-1-2-9-7(5-8)3-4-10-9/h1-5,10,12H,6H2. The summed E-state index contributed by atoms with van der Waals surface area (Å²) in [6.07, 6.45) is 1.91. The molecule has 1 heterocycles. The maximum absolute atomic E-state index is 5.23. The van der Waals surface area contributed by atoms with Gasteiger partial charge in [-0.05, 0) is 24.3 Å². The van der Waals surface area contributed by atoms with Crippen molar-refractivity contribution in [3.63, 3.8) is 0 Å². The Hall–Kier alpha value is -1.09. The van der Waals surface area contributed by atoms with Gasteiger partial charge in [0, 0.05) is 17.1 Å². The van der Waals surface area contributed by atoms with Crippen LogP contribution in [-0.2, 0) is 0 Å². The van der Waals surface area contributed by atoms with E-state index in [1.165, 1.54) is 0 Å². The van der Waals surface area contributed by atoms with Gasteiger partial charge >= 0.3 is 0 Å². The maximum atomic E-state index is 5.23. The van der Waals surface area contributed by atoms with Gasteiger partial charge in [0.2, 0.25) is 0 Å². The fraction of sp³-hybridized carbons (Fsp3) is 0.111.